The van der Waals surface area contributed by atoms with E-state index in [1.807, 2.05) is 24.1 Å². The number of piperidine rings is 2. The molecule has 2 saturated heterocycles. The lowest BCUT2D eigenvalue weighted by Gasteiger charge is -2.37. The van der Waals surface area contributed by atoms with Crippen LogP contribution in [0.15, 0.2) is 70.1 Å². The number of phenols is 2. The van der Waals surface area contributed by atoms with Crippen molar-refractivity contribution in [1.29, 1.82) is 0 Å². The topological polar surface area (TPSA) is 128 Å². The molecule has 0 spiro atoms. The summed E-state index contributed by atoms with van der Waals surface area (Å²) < 4.78 is 12.2. The molecule has 3 N–H and O–H groups in total. The van der Waals surface area contributed by atoms with Crippen molar-refractivity contribution in [2.75, 3.05) is 38.1 Å². The minimum atomic E-state index is -0.649. The second-order valence-electron chi connectivity index (χ2n) is 11.2. The van der Waals surface area contributed by atoms with Gasteiger partial charge in [-0.05, 0) is 57.1 Å². The number of likely N-dealkylation sites (tertiary alicyclic amines) is 1. The third-order valence-electron chi connectivity index (χ3n) is 8.37. The van der Waals surface area contributed by atoms with Crippen LogP contribution in [-0.4, -0.2) is 71.6 Å². The molecule has 2 atom stereocenters. The van der Waals surface area contributed by atoms with E-state index in [4.69, 9.17) is 20.8 Å². The maximum atomic E-state index is 13.2. The molecule has 10 nitrogen and oxygen atoms in total. The number of pyridine rings is 1. The fraction of sp³-hybridized carbons (Fsp3) is 0.344. The Balaban J connectivity index is 0.00000230. The average molecular weight is 678 g/mol. The zero-order valence-corrected chi connectivity index (χ0v) is 26.9. The summed E-state index contributed by atoms with van der Waals surface area (Å²) in [6.07, 6.45) is 4.41. The number of carbonyl (C=O) groups excluding carboxylic acids is 1. The van der Waals surface area contributed by atoms with Gasteiger partial charge >= 0.3 is 6.09 Å². The van der Waals surface area contributed by atoms with Crippen LogP contribution in [0.3, 0.4) is 0 Å². The van der Waals surface area contributed by atoms with E-state index >= 15 is 0 Å². The van der Waals surface area contributed by atoms with Crippen molar-refractivity contribution >= 4 is 59.2 Å². The lowest BCUT2D eigenvalue weighted by atomic mass is 9.85. The van der Waals surface area contributed by atoms with E-state index in [1.54, 1.807) is 36.7 Å². The number of nitrogens with zero attached hydrogens (tertiary/aromatic N) is 3. The van der Waals surface area contributed by atoms with Crippen molar-refractivity contribution in [3.63, 3.8) is 0 Å². The summed E-state index contributed by atoms with van der Waals surface area (Å²) in [5.41, 5.74) is 1.50. The van der Waals surface area contributed by atoms with Crippen LogP contribution in [0.25, 0.3) is 22.3 Å². The minimum Gasteiger partial charge on any atom is -0.507 e. The fourth-order valence-corrected chi connectivity index (χ4v) is 6.40. The second kappa shape index (κ2) is 14.6. The molecule has 0 aliphatic carbocycles. The number of benzene rings is 2. The maximum absolute atomic E-state index is 13.2. The number of nitrogens with one attached hydrogen (secondary N) is 1. The van der Waals surface area contributed by atoms with Crippen molar-refractivity contribution in [3.05, 3.63) is 81.7 Å². The van der Waals surface area contributed by atoms with E-state index in [9.17, 15) is 19.8 Å². The van der Waals surface area contributed by atoms with Gasteiger partial charge in [0.05, 0.1) is 5.02 Å². The summed E-state index contributed by atoms with van der Waals surface area (Å²) in [4.78, 5) is 34.8. The van der Waals surface area contributed by atoms with E-state index in [2.05, 4.69) is 15.2 Å². The second-order valence-corrected chi connectivity index (χ2v) is 11.6. The van der Waals surface area contributed by atoms with E-state index in [0.717, 1.165) is 37.7 Å². The van der Waals surface area contributed by atoms with Gasteiger partial charge in [0.1, 0.15) is 34.3 Å². The molecule has 2 aliphatic rings. The van der Waals surface area contributed by atoms with Gasteiger partial charge in [0, 0.05) is 72.9 Å². The fourth-order valence-electron chi connectivity index (χ4n) is 6.17. The van der Waals surface area contributed by atoms with Crippen LogP contribution in [-0.2, 0) is 4.74 Å². The van der Waals surface area contributed by atoms with E-state index in [1.165, 1.54) is 6.07 Å². The molecule has 4 aromatic rings. The summed E-state index contributed by atoms with van der Waals surface area (Å²) in [6.45, 7) is 2.67. The summed E-state index contributed by atoms with van der Waals surface area (Å²) in [6, 6.07) is 13.3. The monoisotopic (exact) mass is 676 g/mol. The number of anilines is 1. The SMILES string of the molecule is CN1CC[C@H](c2c(O)cc(O)c3c(=O)cc(-c4ccccc4Cl)oc23)[C@H](OC(=O)NC2CCN(c3ccncc3)CC2)C1.Cl.Cl. The lowest BCUT2D eigenvalue weighted by molar-refractivity contribution is 0.0332. The van der Waals surface area contributed by atoms with E-state index in [-0.39, 0.29) is 53.3 Å². The van der Waals surface area contributed by atoms with Gasteiger partial charge in [-0.2, -0.15) is 0 Å². The third-order valence-corrected chi connectivity index (χ3v) is 8.70. The van der Waals surface area contributed by atoms with Gasteiger partial charge in [-0.1, -0.05) is 23.7 Å². The van der Waals surface area contributed by atoms with Gasteiger partial charge in [0.25, 0.3) is 0 Å². The molecule has 0 unspecified atom stereocenters. The normalized spacial score (nSPS) is 18.9. The predicted molar refractivity (Wildman–Crippen MR) is 178 cm³/mol. The molecule has 45 heavy (non-hydrogen) atoms. The molecule has 0 radical (unpaired) electrons. The number of amides is 1. The smallest absolute Gasteiger partial charge is 0.407 e. The largest absolute Gasteiger partial charge is 0.507 e. The number of aromatic nitrogens is 1. The number of hydrogen-bond donors (Lipinski definition) is 3. The molecule has 2 aromatic heterocycles. The first-order valence-corrected chi connectivity index (χ1v) is 14.7. The number of hydrogen-bond acceptors (Lipinski definition) is 9. The van der Waals surface area contributed by atoms with E-state index < -0.39 is 29.3 Å². The van der Waals surface area contributed by atoms with Crippen molar-refractivity contribution in [2.45, 2.75) is 37.3 Å². The first kappa shape index (κ1) is 34.2. The number of rotatable bonds is 5. The molecule has 1 amide bonds. The molecule has 6 rings (SSSR count). The summed E-state index contributed by atoms with van der Waals surface area (Å²) >= 11 is 6.39. The predicted octanol–water partition coefficient (Wildman–Crippen LogP) is 5.95. The first-order valence-electron chi connectivity index (χ1n) is 14.4. The number of phenolic OH excluding ortho intramolecular Hbond substituents is 2. The number of likely N-dealkylation sites (N-methyl/N-ethyl adjacent to an activating group) is 1. The Kier molecular flexibility index (Phi) is 11.1. The molecule has 0 bridgehead atoms. The number of ether oxygens (including phenoxy) is 1. The highest BCUT2D eigenvalue weighted by atomic mass is 35.5. The Bertz CT molecular complexity index is 1700. The molecule has 2 aliphatic heterocycles. The Morgan fingerprint density at radius 3 is 2.44 bits per heavy atom. The van der Waals surface area contributed by atoms with Crippen LogP contribution < -0.4 is 15.6 Å². The van der Waals surface area contributed by atoms with E-state index in [0.29, 0.717) is 35.7 Å². The molecule has 13 heteroatoms. The number of alkyl carbamates (subject to hydrolysis) is 1. The zero-order valence-electron chi connectivity index (χ0n) is 24.5. The average Bonchev–Trinajstić information content (AvgIpc) is 2.99. The van der Waals surface area contributed by atoms with Crippen LogP contribution in [0.5, 0.6) is 11.5 Å². The first-order chi connectivity index (χ1) is 20.8. The Morgan fingerprint density at radius 2 is 1.73 bits per heavy atom. The molecular formula is C32H35Cl3N4O6. The van der Waals surface area contributed by atoms with Crippen molar-refractivity contribution in [2.24, 2.45) is 0 Å². The number of aromatic hydroxyl groups is 2. The van der Waals surface area contributed by atoms with Gasteiger partial charge in [-0.3, -0.25) is 9.78 Å². The molecular weight excluding hydrogens is 643 g/mol. The Hall–Kier alpha value is -3.70. The van der Waals surface area contributed by atoms with Gasteiger partial charge in [-0.15, -0.1) is 24.8 Å². The molecule has 2 fully saturated rings. The van der Waals surface area contributed by atoms with Crippen LogP contribution in [0.2, 0.25) is 5.02 Å². The van der Waals surface area contributed by atoms with Crippen LogP contribution >= 0.6 is 36.4 Å². The summed E-state index contributed by atoms with van der Waals surface area (Å²) in [5, 5.41) is 25.1. The van der Waals surface area contributed by atoms with Crippen molar-refractivity contribution < 1.29 is 24.2 Å². The van der Waals surface area contributed by atoms with Crippen molar-refractivity contribution in [1.82, 2.24) is 15.2 Å². The Labute approximate surface area is 277 Å². The van der Waals surface area contributed by atoms with Gasteiger partial charge in [0.2, 0.25) is 0 Å². The van der Waals surface area contributed by atoms with Crippen molar-refractivity contribution in [3.8, 4) is 22.8 Å². The van der Waals surface area contributed by atoms with Crippen LogP contribution in [0.1, 0.15) is 30.7 Å². The highest BCUT2D eigenvalue weighted by Gasteiger charge is 2.37. The van der Waals surface area contributed by atoms with Gasteiger partial charge in [-0.25, -0.2) is 4.79 Å². The molecule has 240 valence electrons. The quantitative estimate of drug-likeness (QED) is 0.235. The maximum Gasteiger partial charge on any atom is 0.407 e. The van der Waals surface area contributed by atoms with Gasteiger partial charge in [0.15, 0.2) is 5.43 Å². The summed E-state index contributed by atoms with van der Waals surface area (Å²) in [5.74, 6) is -0.924. The van der Waals surface area contributed by atoms with Crippen LogP contribution in [0, 0.1) is 0 Å². The highest BCUT2D eigenvalue weighted by Crippen LogP contribution is 2.43. The number of fused-ring (bicyclic) bond motifs is 1. The number of carbonyl (C=O) groups is 1. The third kappa shape index (κ3) is 7.25. The zero-order chi connectivity index (χ0) is 30.1. The summed E-state index contributed by atoms with van der Waals surface area (Å²) in [7, 11) is 1.93. The standard InChI is InChI=1S/C32H33ClN4O6.2ClH/c1-36-13-10-22(28(18-36)43-32(41)35-19-8-14-37(15-9-19)20-6-11-34-12-7-20)29-24(38)16-25(39)30-26(40)17-27(42-31(29)30)21-4-2-3-5-23(21)33;;/h2-7,11-12,16-17,19,22,28,38-39H,8-10,13-15,18H2,1H3,(H,35,41);2*1H/t22-,28+;;/m0../s1. The molecule has 4 heterocycles. The highest BCUT2D eigenvalue weighted by molar-refractivity contribution is 6.33. The van der Waals surface area contributed by atoms with Crippen LogP contribution in [0.4, 0.5) is 10.5 Å². The van der Waals surface area contributed by atoms with Gasteiger partial charge < -0.3 is 34.5 Å². The minimum absolute atomic E-state index is 0. The number of halogens is 3. The molecule has 0 saturated carbocycles. The molecule has 2 aromatic carbocycles. The lowest BCUT2D eigenvalue weighted by Crippen LogP contribution is -2.48. The Morgan fingerprint density at radius 1 is 1.02 bits per heavy atom.